The molecule has 1 aliphatic carbocycles. The van der Waals surface area contributed by atoms with Crippen LogP contribution in [0.1, 0.15) is 51.9 Å². The van der Waals surface area contributed by atoms with Gasteiger partial charge in [0, 0.05) is 19.6 Å². The molecule has 0 aromatic rings. The van der Waals surface area contributed by atoms with Crippen molar-refractivity contribution in [3.8, 4) is 0 Å². The quantitative estimate of drug-likeness (QED) is 0.690. The van der Waals surface area contributed by atoms with Crippen molar-refractivity contribution in [3.63, 3.8) is 0 Å². The van der Waals surface area contributed by atoms with Gasteiger partial charge in [-0.3, -0.25) is 4.79 Å². The summed E-state index contributed by atoms with van der Waals surface area (Å²) in [4.78, 5) is 12.3. The van der Waals surface area contributed by atoms with E-state index in [1.54, 1.807) is 7.11 Å². The molecule has 112 valence electrons. The van der Waals surface area contributed by atoms with Crippen molar-refractivity contribution in [3.05, 3.63) is 0 Å². The average Bonchev–Trinajstić information content (AvgIpc) is 2.43. The van der Waals surface area contributed by atoms with Crippen molar-refractivity contribution in [1.29, 1.82) is 0 Å². The van der Waals surface area contributed by atoms with Gasteiger partial charge < -0.3 is 10.1 Å². The maximum atomic E-state index is 12.1. The molecule has 0 spiro atoms. The molecule has 1 unspecified atom stereocenters. The molecule has 1 atom stereocenters. The lowest BCUT2D eigenvalue weighted by Crippen LogP contribution is -2.37. The van der Waals surface area contributed by atoms with Gasteiger partial charge in [-0.2, -0.15) is 0 Å². The van der Waals surface area contributed by atoms with Gasteiger partial charge in [0.2, 0.25) is 5.91 Å². The first-order valence-electron chi connectivity index (χ1n) is 7.58. The van der Waals surface area contributed by atoms with Gasteiger partial charge in [0.1, 0.15) is 0 Å². The molecule has 4 heteroatoms. The Kier molecular flexibility index (Phi) is 8.71. The Labute approximate surface area is 126 Å². The molecule has 1 amide bonds. The molecule has 1 fully saturated rings. The molecular weight excluding hydrogens is 306 g/mol. The zero-order valence-corrected chi connectivity index (χ0v) is 13.9. The third kappa shape index (κ3) is 6.75. The Morgan fingerprint density at radius 1 is 1.37 bits per heavy atom. The second-order valence-electron chi connectivity index (χ2n) is 5.66. The van der Waals surface area contributed by atoms with E-state index < -0.39 is 0 Å². The first-order chi connectivity index (χ1) is 9.17. The molecule has 19 heavy (non-hydrogen) atoms. The normalized spacial score (nSPS) is 25.0. The highest BCUT2D eigenvalue weighted by Crippen LogP contribution is 2.31. The summed E-state index contributed by atoms with van der Waals surface area (Å²) < 4.78 is 5.03. The predicted octanol–water partition coefficient (Wildman–Crippen LogP) is 3.51. The number of halogens is 1. The Hall–Kier alpha value is -0.0900. The highest BCUT2D eigenvalue weighted by atomic mass is 79.9. The Morgan fingerprint density at radius 3 is 2.63 bits per heavy atom. The summed E-state index contributed by atoms with van der Waals surface area (Å²) in [6.45, 7) is 3.53. The number of alkyl halides is 1. The second-order valence-corrected chi connectivity index (χ2v) is 6.95. The van der Waals surface area contributed by atoms with Crippen LogP contribution in [-0.2, 0) is 9.53 Å². The van der Waals surface area contributed by atoms with Crippen molar-refractivity contribution >= 4 is 21.8 Å². The van der Waals surface area contributed by atoms with Crippen LogP contribution in [0.4, 0.5) is 0 Å². The predicted molar refractivity (Wildman–Crippen MR) is 82.6 cm³/mol. The minimum absolute atomic E-state index is 0.211. The number of carbonyl (C=O) groups is 1. The maximum absolute atomic E-state index is 12.1. The van der Waals surface area contributed by atoms with E-state index in [-0.39, 0.29) is 16.7 Å². The number of nitrogens with one attached hydrogen (secondary N) is 1. The highest BCUT2D eigenvalue weighted by molar-refractivity contribution is 9.09. The van der Waals surface area contributed by atoms with E-state index >= 15 is 0 Å². The van der Waals surface area contributed by atoms with Crippen molar-refractivity contribution in [1.82, 2.24) is 5.32 Å². The Balaban J connectivity index is 2.17. The molecule has 0 bridgehead atoms. The van der Waals surface area contributed by atoms with Crippen LogP contribution in [0.3, 0.4) is 0 Å². The van der Waals surface area contributed by atoms with Crippen LogP contribution in [-0.4, -0.2) is 31.0 Å². The van der Waals surface area contributed by atoms with Gasteiger partial charge in [0.25, 0.3) is 0 Å². The fraction of sp³-hybridized carbons (Fsp3) is 0.933. The van der Waals surface area contributed by atoms with Crippen LogP contribution in [0, 0.1) is 11.8 Å². The molecular formula is C15H28BrNO2. The molecule has 3 nitrogen and oxygen atoms in total. The fourth-order valence-corrected chi connectivity index (χ4v) is 3.23. The zero-order chi connectivity index (χ0) is 14.1. The van der Waals surface area contributed by atoms with Crippen LogP contribution in [0.25, 0.3) is 0 Å². The van der Waals surface area contributed by atoms with Gasteiger partial charge in [-0.1, -0.05) is 42.1 Å². The summed E-state index contributed by atoms with van der Waals surface area (Å²) in [7, 11) is 1.67. The highest BCUT2D eigenvalue weighted by Gasteiger charge is 2.25. The number of carbonyl (C=O) groups excluding carboxylic acids is 1. The van der Waals surface area contributed by atoms with Crippen molar-refractivity contribution in [2.75, 3.05) is 20.3 Å². The summed E-state index contributed by atoms with van der Waals surface area (Å²) in [5.74, 6) is 1.33. The molecule has 1 rings (SSSR count). The maximum Gasteiger partial charge on any atom is 0.223 e. The van der Waals surface area contributed by atoms with Gasteiger partial charge in [-0.15, -0.1) is 0 Å². The number of rotatable bonds is 8. The van der Waals surface area contributed by atoms with Crippen LogP contribution >= 0.6 is 15.9 Å². The standard InChI is InChI=1S/C15H28BrNO2/c1-3-4-5-12-6-8-13(9-7-12)15(18)17-10-14(16)11-19-2/h12-14H,3-11H2,1-2H3,(H,17,18). The summed E-state index contributed by atoms with van der Waals surface area (Å²) >= 11 is 3.49. The molecule has 0 radical (unpaired) electrons. The van der Waals surface area contributed by atoms with Crippen LogP contribution in [0.5, 0.6) is 0 Å². The number of hydrogen-bond donors (Lipinski definition) is 1. The summed E-state index contributed by atoms with van der Waals surface area (Å²) in [5, 5.41) is 3.03. The monoisotopic (exact) mass is 333 g/mol. The van der Waals surface area contributed by atoms with Gasteiger partial charge >= 0.3 is 0 Å². The summed E-state index contributed by atoms with van der Waals surface area (Å²) in [6, 6.07) is 0. The summed E-state index contributed by atoms with van der Waals surface area (Å²) in [6.07, 6.45) is 8.56. The van der Waals surface area contributed by atoms with Crippen LogP contribution in [0.15, 0.2) is 0 Å². The Morgan fingerprint density at radius 2 is 2.05 bits per heavy atom. The topological polar surface area (TPSA) is 38.3 Å². The molecule has 0 aromatic carbocycles. The molecule has 0 aromatic heterocycles. The lowest BCUT2D eigenvalue weighted by atomic mass is 9.79. The van der Waals surface area contributed by atoms with Crippen molar-refractivity contribution in [2.24, 2.45) is 11.8 Å². The Bertz CT molecular complexity index is 253. The molecule has 1 saturated carbocycles. The number of amides is 1. The van der Waals surface area contributed by atoms with Gasteiger partial charge in [0.05, 0.1) is 11.4 Å². The van der Waals surface area contributed by atoms with Gasteiger partial charge in [-0.25, -0.2) is 0 Å². The molecule has 0 heterocycles. The molecule has 0 saturated heterocycles. The third-order valence-electron chi connectivity index (χ3n) is 4.03. The molecule has 1 N–H and O–H groups in total. The minimum atomic E-state index is 0.211. The van der Waals surface area contributed by atoms with E-state index in [4.69, 9.17) is 4.74 Å². The van der Waals surface area contributed by atoms with Crippen LogP contribution in [0.2, 0.25) is 0 Å². The zero-order valence-electron chi connectivity index (χ0n) is 12.3. The lowest BCUT2D eigenvalue weighted by Gasteiger charge is -2.28. The molecule has 1 aliphatic rings. The van der Waals surface area contributed by atoms with E-state index in [9.17, 15) is 4.79 Å². The van der Waals surface area contributed by atoms with Gasteiger partial charge in [-0.05, 0) is 31.6 Å². The van der Waals surface area contributed by atoms with E-state index in [1.165, 1.54) is 32.1 Å². The smallest absolute Gasteiger partial charge is 0.223 e. The average molecular weight is 334 g/mol. The minimum Gasteiger partial charge on any atom is -0.383 e. The second kappa shape index (κ2) is 9.76. The van der Waals surface area contributed by atoms with Crippen molar-refractivity contribution in [2.45, 2.75) is 56.7 Å². The lowest BCUT2D eigenvalue weighted by molar-refractivity contribution is -0.126. The van der Waals surface area contributed by atoms with Crippen LogP contribution < -0.4 is 5.32 Å². The van der Waals surface area contributed by atoms with E-state index in [0.29, 0.717) is 13.2 Å². The first-order valence-corrected chi connectivity index (χ1v) is 8.49. The third-order valence-corrected chi connectivity index (χ3v) is 4.62. The van der Waals surface area contributed by atoms with Crippen molar-refractivity contribution < 1.29 is 9.53 Å². The largest absolute Gasteiger partial charge is 0.383 e. The number of ether oxygens (including phenoxy) is 1. The number of methoxy groups -OCH3 is 1. The van der Waals surface area contributed by atoms with E-state index in [1.807, 2.05) is 0 Å². The molecule has 0 aliphatic heterocycles. The SMILES string of the molecule is CCCCC1CCC(C(=O)NCC(Br)COC)CC1. The van der Waals surface area contributed by atoms with E-state index in [0.717, 1.165) is 18.8 Å². The number of unbranched alkanes of at least 4 members (excludes halogenated alkanes) is 1. The number of hydrogen-bond acceptors (Lipinski definition) is 2. The first kappa shape index (κ1) is 17.0. The van der Waals surface area contributed by atoms with E-state index in [2.05, 4.69) is 28.2 Å². The fourth-order valence-electron chi connectivity index (χ4n) is 2.80. The van der Waals surface area contributed by atoms with Gasteiger partial charge in [0.15, 0.2) is 0 Å². The summed E-state index contributed by atoms with van der Waals surface area (Å²) in [5.41, 5.74) is 0.